The number of aliphatic hydroxyl groups is 1. The summed E-state index contributed by atoms with van der Waals surface area (Å²) >= 11 is 0. The van der Waals surface area contributed by atoms with Gasteiger partial charge in [0, 0.05) is 12.7 Å². The molecule has 1 atom stereocenters. The molecular weight excluding hydrogens is 286 g/mol. The lowest BCUT2D eigenvalue weighted by molar-refractivity contribution is 0.0910. The van der Waals surface area contributed by atoms with Gasteiger partial charge in [0.15, 0.2) is 0 Å². The van der Waals surface area contributed by atoms with Crippen LogP contribution in [0.1, 0.15) is 34.3 Å². The van der Waals surface area contributed by atoms with Gasteiger partial charge in [0.1, 0.15) is 11.4 Å². The number of hydrogen-bond acceptors (Lipinski definition) is 5. The van der Waals surface area contributed by atoms with Gasteiger partial charge in [0.25, 0.3) is 11.8 Å². The van der Waals surface area contributed by atoms with Gasteiger partial charge in [-0.05, 0) is 18.6 Å². The van der Waals surface area contributed by atoms with Gasteiger partial charge in [-0.1, -0.05) is 13.0 Å². The number of carbonyl (C=O) groups is 2. The second kappa shape index (κ2) is 7.32. The van der Waals surface area contributed by atoms with Crippen LogP contribution < -0.4 is 10.6 Å². The smallest absolute Gasteiger partial charge is 0.274 e. The molecule has 0 aliphatic rings. The Labute approximate surface area is 127 Å². The van der Waals surface area contributed by atoms with Gasteiger partial charge in [-0.15, -0.1) is 0 Å². The summed E-state index contributed by atoms with van der Waals surface area (Å²) in [5.74, 6) is -0.897. The molecule has 116 valence electrons. The summed E-state index contributed by atoms with van der Waals surface area (Å²) in [5.41, 5.74) is 0.600. The Balaban J connectivity index is 2.03. The second-order valence-corrected chi connectivity index (χ2v) is 4.60. The number of nitrogens with zero attached hydrogens (tertiary/aromatic N) is 2. The minimum absolute atomic E-state index is 0.118. The zero-order valence-electron chi connectivity index (χ0n) is 12.0. The molecule has 0 aliphatic heterocycles. The molecule has 2 aromatic rings. The van der Waals surface area contributed by atoms with Crippen LogP contribution in [-0.4, -0.2) is 44.8 Å². The molecule has 8 nitrogen and oxygen atoms in total. The number of aromatic amines is 1. The molecule has 8 heteroatoms. The highest BCUT2D eigenvalue weighted by atomic mass is 16.3. The Bertz CT molecular complexity index is 641. The van der Waals surface area contributed by atoms with Crippen molar-refractivity contribution in [3.63, 3.8) is 0 Å². The molecule has 0 spiro atoms. The number of amides is 2. The maximum absolute atomic E-state index is 12.0. The molecule has 0 saturated heterocycles. The maximum Gasteiger partial charge on any atom is 0.274 e. The van der Waals surface area contributed by atoms with Crippen molar-refractivity contribution in [2.75, 3.05) is 11.9 Å². The lowest BCUT2D eigenvalue weighted by atomic mass is 10.2. The molecule has 2 rings (SSSR count). The standard InChI is InChI=1S/C14H17N5O3/c1-2-9(20)7-16-14(22)12-11(8-17-19-12)18-13(21)10-5-3-4-6-15-10/h3-6,8-9,20H,2,7H2,1H3,(H,16,22)(H,17,19)(H,18,21). The number of rotatable bonds is 6. The molecule has 0 aromatic carbocycles. The van der Waals surface area contributed by atoms with Crippen molar-refractivity contribution >= 4 is 17.5 Å². The molecule has 0 fully saturated rings. The summed E-state index contributed by atoms with van der Waals surface area (Å²) < 4.78 is 0. The monoisotopic (exact) mass is 303 g/mol. The first-order valence-corrected chi connectivity index (χ1v) is 6.83. The number of carbonyl (C=O) groups excluding carboxylic acids is 2. The predicted octanol–water partition coefficient (Wildman–Crippen LogP) is 0.558. The van der Waals surface area contributed by atoms with Crippen LogP contribution in [0.5, 0.6) is 0 Å². The van der Waals surface area contributed by atoms with Gasteiger partial charge >= 0.3 is 0 Å². The van der Waals surface area contributed by atoms with Gasteiger partial charge in [-0.3, -0.25) is 19.7 Å². The fraction of sp³-hybridized carbons (Fsp3) is 0.286. The van der Waals surface area contributed by atoms with Gasteiger partial charge in [-0.25, -0.2) is 0 Å². The molecule has 2 amide bonds. The van der Waals surface area contributed by atoms with E-state index in [4.69, 9.17) is 0 Å². The fourth-order valence-electron chi connectivity index (χ4n) is 1.68. The van der Waals surface area contributed by atoms with Crippen LogP contribution in [0.4, 0.5) is 5.69 Å². The molecule has 0 radical (unpaired) electrons. The SMILES string of the molecule is CCC(O)CNC(=O)c1[nH]ncc1NC(=O)c1ccccn1. The fourth-order valence-corrected chi connectivity index (χ4v) is 1.68. The molecule has 1 unspecified atom stereocenters. The number of hydrogen-bond donors (Lipinski definition) is 4. The van der Waals surface area contributed by atoms with Crippen LogP contribution in [0.15, 0.2) is 30.6 Å². The van der Waals surface area contributed by atoms with Crippen molar-refractivity contribution in [2.24, 2.45) is 0 Å². The molecule has 0 bridgehead atoms. The Kier molecular flexibility index (Phi) is 5.21. The summed E-state index contributed by atoms with van der Waals surface area (Å²) in [4.78, 5) is 27.9. The first-order chi connectivity index (χ1) is 10.6. The van der Waals surface area contributed by atoms with E-state index in [1.54, 1.807) is 18.2 Å². The van der Waals surface area contributed by atoms with Gasteiger partial charge < -0.3 is 15.7 Å². The minimum Gasteiger partial charge on any atom is -0.391 e. The van der Waals surface area contributed by atoms with Crippen molar-refractivity contribution in [1.82, 2.24) is 20.5 Å². The quantitative estimate of drug-likeness (QED) is 0.621. The number of aliphatic hydroxyl groups excluding tert-OH is 1. The lowest BCUT2D eigenvalue weighted by Gasteiger charge is -2.09. The Morgan fingerprint density at radius 1 is 1.36 bits per heavy atom. The molecule has 0 aliphatic carbocycles. The average Bonchev–Trinajstić information content (AvgIpc) is 3.01. The summed E-state index contributed by atoms with van der Waals surface area (Å²) in [6.45, 7) is 1.94. The highest BCUT2D eigenvalue weighted by Gasteiger charge is 2.17. The van der Waals surface area contributed by atoms with E-state index in [1.807, 2.05) is 6.92 Å². The molecule has 0 saturated carbocycles. The van der Waals surface area contributed by atoms with Crippen LogP contribution >= 0.6 is 0 Å². The normalized spacial score (nSPS) is 11.7. The summed E-state index contributed by atoms with van der Waals surface area (Å²) in [7, 11) is 0. The van der Waals surface area contributed by atoms with Crippen molar-refractivity contribution < 1.29 is 14.7 Å². The first kappa shape index (κ1) is 15.6. The van der Waals surface area contributed by atoms with E-state index in [-0.39, 0.29) is 23.6 Å². The van der Waals surface area contributed by atoms with Gasteiger partial charge in [-0.2, -0.15) is 5.10 Å². The van der Waals surface area contributed by atoms with E-state index in [1.165, 1.54) is 12.4 Å². The largest absolute Gasteiger partial charge is 0.391 e. The minimum atomic E-state index is -0.613. The molecule has 2 heterocycles. The van der Waals surface area contributed by atoms with E-state index in [2.05, 4.69) is 25.8 Å². The number of anilines is 1. The number of pyridine rings is 1. The van der Waals surface area contributed by atoms with Crippen LogP contribution in [0.2, 0.25) is 0 Å². The lowest BCUT2D eigenvalue weighted by Crippen LogP contribution is -2.32. The average molecular weight is 303 g/mol. The number of H-pyrrole nitrogens is 1. The Morgan fingerprint density at radius 3 is 2.86 bits per heavy atom. The van der Waals surface area contributed by atoms with E-state index in [0.717, 1.165) is 0 Å². The number of aromatic nitrogens is 3. The third-order valence-electron chi connectivity index (χ3n) is 2.98. The molecular formula is C14H17N5O3. The zero-order chi connectivity index (χ0) is 15.9. The second-order valence-electron chi connectivity index (χ2n) is 4.60. The third-order valence-corrected chi connectivity index (χ3v) is 2.98. The van der Waals surface area contributed by atoms with E-state index >= 15 is 0 Å². The molecule has 2 aromatic heterocycles. The van der Waals surface area contributed by atoms with Crippen LogP contribution in [0.3, 0.4) is 0 Å². The summed E-state index contributed by atoms with van der Waals surface area (Å²) in [5, 5.41) is 20.9. The van der Waals surface area contributed by atoms with E-state index < -0.39 is 17.9 Å². The van der Waals surface area contributed by atoms with Crippen molar-refractivity contribution in [2.45, 2.75) is 19.4 Å². The van der Waals surface area contributed by atoms with Crippen LogP contribution in [-0.2, 0) is 0 Å². The highest BCUT2D eigenvalue weighted by molar-refractivity contribution is 6.07. The van der Waals surface area contributed by atoms with Crippen molar-refractivity contribution in [1.29, 1.82) is 0 Å². The van der Waals surface area contributed by atoms with Crippen LogP contribution in [0, 0.1) is 0 Å². The maximum atomic E-state index is 12.0. The van der Waals surface area contributed by atoms with E-state index in [0.29, 0.717) is 6.42 Å². The molecule has 4 N–H and O–H groups in total. The van der Waals surface area contributed by atoms with E-state index in [9.17, 15) is 14.7 Å². The topological polar surface area (TPSA) is 120 Å². The van der Waals surface area contributed by atoms with Crippen molar-refractivity contribution in [3.05, 3.63) is 42.0 Å². The summed E-state index contributed by atoms with van der Waals surface area (Å²) in [6.07, 6.45) is 2.76. The highest BCUT2D eigenvalue weighted by Crippen LogP contribution is 2.12. The first-order valence-electron chi connectivity index (χ1n) is 6.83. The zero-order valence-corrected chi connectivity index (χ0v) is 12.0. The molecule has 22 heavy (non-hydrogen) atoms. The third kappa shape index (κ3) is 3.89. The Morgan fingerprint density at radius 2 is 2.18 bits per heavy atom. The summed E-state index contributed by atoms with van der Waals surface area (Å²) in [6, 6.07) is 4.95. The van der Waals surface area contributed by atoms with Gasteiger partial charge in [0.2, 0.25) is 0 Å². The predicted molar refractivity (Wildman–Crippen MR) is 79.4 cm³/mol. The van der Waals surface area contributed by atoms with Crippen LogP contribution in [0.25, 0.3) is 0 Å². The number of nitrogens with one attached hydrogen (secondary N) is 3. The van der Waals surface area contributed by atoms with Crippen molar-refractivity contribution in [3.8, 4) is 0 Å². The Hall–Kier alpha value is -2.74. The van der Waals surface area contributed by atoms with Gasteiger partial charge in [0.05, 0.1) is 18.0 Å².